The predicted molar refractivity (Wildman–Crippen MR) is 248 cm³/mol. The Morgan fingerprint density at radius 1 is 0.710 bits per heavy atom. The van der Waals surface area contributed by atoms with Gasteiger partial charge in [0.15, 0.2) is 0 Å². The predicted octanol–water partition coefficient (Wildman–Crippen LogP) is 9.17. The van der Waals surface area contributed by atoms with Crippen LogP contribution in [0, 0.1) is 27.6 Å². The molecule has 8 heteroatoms. The second-order valence-corrected chi connectivity index (χ2v) is 23.4. The summed E-state index contributed by atoms with van der Waals surface area (Å²) in [4.78, 5) is 28.7. The number of carbonyl (C=O) groups excluding carboxylic acids is 2. The van der Waals surface area contributed by atoms with Crippen LogP contribution in [-0.4, -0.2) is 69.5 Å². The Labute approximate surface area is 373 Å². The maximum absolute atomic E-state index is 15.1. The molecule has 2 aromatic carbocycles. The molecule has 1 heterocycles. The molecule has 10 rings (SSSR count). The first-order chi connectivity index (χ1) is 29.8. The number of carbonyl (C=O) groups is 2. The average Bonchev–Trinajstić information content (AvgIpc) is 3.25. The highest BCUT2D eigenvalue weighted by Gasteiger charge is 2.71. The smallest absolute Gasteiger partial charge is 0.226 e. The maximum atomic E-state index is 15.1. The molecule has 7 aliphatic carbocycles. The van der Waals surface area contributed by atoms with E-state index in [2.05, 4.69) is 98.2 Å². The summed E-state index contributed by atoms with van der Waals surface area (Å²) in [5.74, 6) is 0.993. The highest BCUT2D eigenvalue weighted by Crippen LogP contribution is 2.74. The lowest BCUT2D eigenvalue weighted by molar-refractivity contribution is -0.180. The third kappa shape index (κ3) is 8.46. The largest absolute Gasteiger partial charge is 0.381 e. The SMILES string of the molecule is CCOC[C@@]12CCC[C@@](c3ccc(C45CC6(C(=O)N[C@H]7CC[C@@H](N)CC7)C[C@](COCC)(C4)C[C@@](c4ccccc4)(C6)C5)cc3)(CC(CCC(=O)NC3CCNCC3(C)C)C1)C2. The van der Waals surface area contributed by atoms with Gasteiger partial charge in [-0.05, 0) is 185 Å². The molecule has 5 N–H and O–H groups in total. The normalized spacial score (nSPS) is 39.6. The first-order valence-corrected chi connectivity index (χ1v) is 25.2. The van der Waals surface area contributed by atoms with Crippen molar-refractivity contribution < 1.29 is 19.1 Å². The van der Waals surface area contributed by atoms with Crippen LogP contribution in [-0.2, 0) is 35.3 Å². The zero-order valence-electron chi connectivity index (χ0n) is 38.9. The number of benzene rings is 2. The molecule has 0 radical (unpaired) electrons. The van der Waals surface area contributed by atoms with Crippen molar-refractivity contribution in [3.8, 4) is 0 Å². The molecule has 2 amide bonds. The fourth-order valence-corrected chi connectivity index (χ4v) is 16.1. The van der Waals surface area contributed by atoms with E-state index in [0.717, 1.165) is 116 Å². The summed E-state index contributed by atoms with van der Waals surface area (Å²) in [6.07, 6.45) is 19.5. The van der Waals surface area contributed by atoms with Crippen LogP contribution in [0.25, 0.3) is 0 Å². The third-order valence-corrected chi connectivity index (χ3v) is 18.2. The van der Waals surface area contributed by atoms with Gasteiger partial charge >= 0.3 is 0 Å². The molecule has 8 aliphatic rings. The minimum Gasteiger partial charge on any atom is -0.381 e. The first kappa shape index (κ1) is 44.4. The molecule has 1 aliphatic heterocycles. The van der Waals surface area contributed by atoms with Gasteiger partial charge in [0.1, 0.15) is 0 Å². The topological polar surface area (TPSA) is 115 Å². The van der Waals surface area contributed by atoms with Crippen LogP contribution in [0.3, 0.4) is 0 Å². The molecule has 0 spiro atoms. The zero-order chi connectivity index (χ0) is 43.3. The van der Waals surface area contributed by atoms with E-state index in [9.17, 15) is 4.79 Å². The van der Waals surface area contributed by atoms with E-state index in [-0.39, 0.29) is 62.4 Å². The number of amides is 2. The summed E-state index contributed by atoms with van der Waals surface area (Å²) in [6.45, 7) is 13.7. The second-order valence-electron chi connectivity index (χ2n) is 23.4. The highest BCUT2D eigenvalue weighted by molar-refractivity contribution is 5.84. The molecule has 8 nitrogen and oxygen atoms in total. The van der Waals surface area contributed by atoms with E-state index < -0.39 is 5.41 Å². The third-order valence-electron chi connectivity index (χ3n) is 18.2. The molecule has 1 saturated heterocycles. The zero-order valence-corrected chi connectivity index (χ0v) is 38.9. The molecule has 4 unspecified atom stereocenters. The number of hydrogen-bond acceptors (Lipinski definition) is 6. The van der Waals surface area contributed by atoms with Gasteiger partial charge in [0, 0.05) is 44.3 Å². The second kappa shape index (κ2) is 17.2. The van der Waals surface area contributed by atoms with Gasteiger partial charge in [-0.15, -0.1) is 0 Å². The van der Waals surface area contributed by atoms with Gasteiger partial charge in [-0.25, -0.2) is 0 Å². The first-order valence-electron chi connectivity index (χ1n) is 25.2. The Kier molecular flexibility index (Phi) is 12.3. The van der Waals surface area contributed by atoms with Gasteiger partial charge in [-0.1, -0.05) is 74.9 Å². The molecule has 8 atom stereocenters. The van der Waals surface area contributed by atoms with Gasteiger partial charge in [-0.2, -0.15) is 0 Å². The van der Waals surface area contributed by atoms with Gasteiger partial charge in [-0.3, -0.25) is 9.59 Å². The number of nitrogens with one attached hydrogen (secondary N) is 3. The number of piperidine rings is 1. The van der Waals surface area contributed by atoms with Gasteiger partial charge < -0.3 is 31.2 Å². The molecular weight excluding hydrogens is 769 g/mol. The Bertz CT molecular complexity index is 1900. The van der Waals surface area contributed by atoms with Crippen LogP contribution >= 0.6 is 0 Å². The number of rotatable bonds is 15. The van der Waals surface area contributed by atoms with E-state index in [1.165, 1.54) is 42.4 Å². The van der Waals surface area contributed by atoms with Crippen LogP contribution in [0.1, 0.15) is 166 Å². The van der Waals surface area contributed by atoms with Crippen LogP contribution in [0.15, 0.2) is 54.6 Å². The summed E-state index contributed by atoms with van der Waals surface area (Å²) < 4.78 is 12.8. The monoisotopic (exact) mass is 849 g/mol. The summed E-state index contributed by atoms with van der Waals surface area (Å²) in [5.41, 5.74) is 10.2. The molecule has 340 valence electrons. The van der Waals surface area contributed by atoms with Crippen molar-refractivity contribution in [3.63, 3.8) is 0 Å². The van der Waals surface area contributed by atoms with Gasteiger partial charge in [0.05, 0.1) is 18.6 Å². The number of fused-ring (bicyclic) bond motifs is 2. The van der Waals surface area contributed by atoms with Crippen molar-refractivity contribution in [1.29, 1.82) is 0 Å². The summed E-state index contributed by atoms with van der Waals surface area (Å²) >= 11 is 0. The quantitative estimate of drug-likeness (QED) is 0.142. The minimum atomic E-state index is -0.451. The van der Waals surface area contributed by atoms with Crippen molar-refractivity contribution >= 4 is 11.8 Å². The van der Waals surface area contributed by atoms with Crippen LogP contribution in [0.5, 0.6) is 0 Å². The molecule has 8 fully saturated rings. The lowest BCUT2D eigenvalue weighted by Crippen LogP contribution is -2.68. The maximum Gasteiger partial charge on any atom is 0.226 e. The summed E-state index contributed by atoms with van der Waals surface area (Å²) in [7, 11) is 0. The van der Waals surface area contributed by atoms with E-state index in [1.807, 2.05) is 0 Å². The lowest BCUT2D eigenvalue weighted by Gasteiger charge is -2.70. The van der Waals surface area contributed by atoms with E-state index in [1.54, 1.807) is 0 Å². The minimum absolute atomic E-state index is 0.0623. The number of hydrogen-bond donors (Lipinski definition) is 4. The molecular formula is C54H80N4O4. The average molecular weight is 849 g/mol. The Balaban J connectivity index is 1.02. The Hall–Kier alpha value is -2.78. The molecule has 6 bridgehead atoms. The molecule has 0 aromatic heterocycles. The van der Waals surface area contributed by atoms with Crippen molar-refractivity contribution in [3.05, 3.63) is 71.3 Å². The van der Waals surface area contributed by atoms with E-state index in [0.29, 0.717) is 25.6 Å². The van der Waals surface area contributed by atoms with E-state index >= 15 is 4.79 Å². The summed E-state index contributed by atoms with van der Waals surface area (Å²) in [6, 6.07) is 22.0. The van der Waals surface area contributed by atoms with Crippen molar-refractivity contribution in [2.75, 3.05) is 39.5 Å². The molecule has 7 saturated carbocycles. The number of nitrogens with two attached hydrogens (primary N) is 1. The lowest BCUT2D eigenvalue weighted by atomic mass is 9.33. The fraction of sp³-hybridized carbons (Fsp3) is 0.741. The molecule has 62 heavy (non-hydrogen) atoms. The van der Waals surface area contributed by atoms with Gasteiger partial charge in [0.2, 0.25) is 11.8 Å². The van der Waals surface area contributed by atoms with Crippen molar-refractivity contribution in [2.45, 2.75) is 184 Å². The van der Waals surface area contributed by atoms with Crippen LogP contribution in [0.4, 0.5) is 0 Å². The Morgan fingerprint density at radius 3 is 2.00 bits per heavy atom. The van der Waals surface area contributed by atoms with Crippen LogP contribution in [0.2, 0.25) is 0 Å². The summed E-state index contributed by atoms with van der Waals surface area (Å²) in [5, 5.41) is 10.6. The van der Waals surface area contributed by atoms with Crippen molar-refractivity contribution in [2.24, 2.45) is 33.3 Å². The van der Waals surface area contributed by atoms with Crippen LogP contribution < -0.4 is 21.7 Å². The number of ether oxygens (including phenoxy) is 2. The fourth-order valence-electron chi connectivity index (χ4n) is 16.1. The van der Waals surface area contributed by atoms with E-state index in [4.69, 9.17) is 15.2 Å². The standard InChI is InChI=1S/C54H80N4O4/c1-5-61-37-49-24-10-25-51(29-49,28-39(27-49)13-22-46(59)58-45-23-26-56-36-48(45,3)4)41-14-16-42(17-15-41)53-31-50(38-62-6-2)30-52(33-53,40-11-8-7-9-12-40)34-54(32-50,35-53)47(60)57-44-20-18-43(55)19-21-44/h7-9,11-12,14-17,39,43-45,56H,5-6,10,13,18-38,55H2,1-4H3,(H,57,60)(H,58,59)/t39?,43-,44+,45?,49-,50+,51+,52-,53?,54?/m0/s1. The highest BCUT2D eigenvalue weighted by atomic mass is 16.5. The molecule has 2 aromatic rings. The van der Waals surface area contributed by atoms with Gasteiger partial charge in [0.25, 0.3) is 0 Å². The Morgan fingerprint density at radius 2 is 1.34 bits per heavy atom. The van der Waals surface area contributed by atoms with Crippen molar-refractivity contribution in [1.82, 2.24) is 16.0 Å².